The van der Waals surface area contributed by atoms with Gasteiger partial charge in [-0.1, -0.05) is 18.2 Å². The third kappa shape index (κ3) is 2.49. The maximum atomic E-state index is 7.81. The summed E-state index contributed by atoms with van der Waals surface area (Å²) in [7, 11) is 2.03. The van der Waals surface area contributed by atoms with E-state index in [9.17, 15) is 0 Å². The van der Waals surface area contributed by atoms with E-state index in [4.69, 9.17) is 10.1 Å². The number of aromatic nitrogens is 1. The van der Waals surface area contributed by atoms with Gasteiger partial charge in [0.2, 0.25) is 0 Å². The van der Waals surface area contributed by atoms with Gasteiger partial charge in [-0.25, -0.2) is 0 Å². The van der Waals surface area contributed by atoms with Crippen LogP contribution in [0, 0.1) is 5.41 Å². The summed E-state index contributed by atoms with van der Waals surface area (Å²) in [6.45, 7) is 3.88. The first-order valence-electron chi connectivity index (χ1n) is 5.85. The van der Waals surface area contributed by atoms with Gasteiger partial charge >= 0.3 is 0 Å². The van der Waals surface area contributed by atoms with Gasteiger partial charge in [0.25, 0.3) is 0 Å². The van der Waals surface area contributed by atoms with E-state index in [1.54, 1.807) is 0 Å². The fourth-order valence-electron chi connectivity index (χ4n) is 2.07. The summed E-state index contributed by atoms with van der Waals surface area (Å²) < 4.78 is 7.48. The van der Waals surface area contributed by atoms with Crippen molar-refractivity contribution in [2.24, 2.45) is 7.05 Å². The molecule has 17 heavy (non-hydrogen) atoms. The third-order valence-electron chi connectivity index (χ3n) is 2.71. The van der Waals surface area contributed by atoms with Crippen molar-refractivity contribution in [3.8, 4) is 0 Å². The number of hydrogen-bond acceptors (Lipinski definition) is 2. The number of benzene rings is 1. The first kappa shape index (κ1) is 11.7. The van der Waals surface area contributed by atoms with Crippen LogP contribution in [0.3, 0.4) is 0 Å². The lowest BCUT2D eigenvalue weighted by molar-refractivity contribution is 0.221. The Hall–Kier alpha value is -1.77. The van der Waals surface area contributed by atoms with E-state index in [1.165, 1.54) is 10.9 Å². The van der Waals surface area contributed by atoms with Crippen LogP contribution >= 0.6 is 0 Å². The van der Waals surface area contributed by atoms with Crippen molar-refractivity contribution in [2.45, 2.75) is 26.4 Å². The molecule has 0 atom stereocenters. The standard InChI is InChI=1S/C14H18N2O/c1-10(2)17-14(15)8-11-9-16(3)13-7-5-4-6-12(11)13/h4-7,9-10,15H,8H2,1-3H3. The molecule has 1 heterocycles. The largest absolute Gasteiger partial charge is 0.478 e. The van der Waals surface area contributed by atoms with Gasteiger partial charge in [-0.3, -0.25) is 5.41 Å². The second-order valence-electron chi connectivity index (χ2n) is 4.55. The highest BCUT2D eigenvalue weighted by molar-refractivity contribution is 5.88. The number of ether oxygens (including phenoxy) is 1. The fraction of sp³-hybridized carbons (Fsp3) is 0.357. The van der Waals surface area contributed by atoms with Gasteiger partial charge in [-0.2, -0.15) is 0 Å². The Labute approximate surface area is 102 Å². The van der Waals surface area contributed by atoms with Crippen molar-refractivity contribution in [3.63, 3.8) is 0 Å². The van der Waals surface area contributed by atoms with Gasteiger partial charge in [-0.05, 0) is 25.5 Å². The molecule has 1 N–H and O–H groups in total. The Morgan fingerprint density at radius 2 is 2.06 bits per heavy atom. The summed E-state index contributed by atoms with van der Waals surface area (Å²) in [5.74, 6) is 0.330. The van der Waals surface area contributed by atoms with Crippen molar-refractivity contribution in [1.29, 1.82) is 5.41 Å². The minimum absolute atomic E-state index is 0.0671. The number of nitrogens with zero attached hydrogens (tertiary/aromatic N) is 1. The Morgan fingerprint density at radius 3 is 2.76 bits per heavy atom. The highest BCUT2D eigenvalue weighted by atomic mass is 16.5. The van der Waals surface area contributed by atoms with Crippen LogP contribution in [0.2, 0.25) is 0 Å². The topological polar surface area (TPSA) is 38.0 Å². The molecule has 0 saturated heterocycles. The Kier molecular flexibility index (Phi) is 3.18. The van der Waals surface area contributed by atoms with Gasteiger partial charge in [0.15, 0.2) is 5.90 Å². The molecule has 0 spiro atoms. The van der Waals surface area contributed by atoms with Crippen LogP contribution in [-0.2, 0) is 18.2 Å². The molecule has 2 aromatic rings. The normalized spacial score (nSPS) is 11.1. The van der Waals surface area contributed by atoms with E-state index in [2.05, 4.69) is 22.9 Å². The summed E-state index contributed by atoms with van der Waals surface area (Å²) in [4.78, 5) is 0. The summed E-state index contributed by atoms with van der Waals surface area (Å²) >= 11 is 0. The average Bonchev–Trinajstić information content (AvgIpc) is 2.55. The van der Waals surface area contributed by atoms with E-state index in [-0.39, 0.29) is 6.10 Å². The molecule has 0 bridgehead atoms. The van der Waals surface area contributed by atoms with Crippen molar-refractivity contribution < 1.29 is 4.74 Å². The van der Waals surface area contributed by atoms with E-state index in [1.807, 2.05) is 33.0 Å². The molecule has 0 unspecified atom stereocenters. The van der Waals surface area contributed by atoms with Crippen molar-refractivity contribution in [1.82, 2.24) is 4.57 Å². The molecule has 1 aromatic carbocycles. The monoisotopic (exact) mass is 230 g/mol. The first-order valence-corrected chi connectivity index (χ1v) is 5.85. The number of rotatable bonds is 3. The van der Waals surface area contributed by atoms with E-state index in [0.717, 1.165) is 5.56 Å². The van der Waals surface area contributed by atoms with Gasteiger partial charge in [0.1, 0.15) is 0 Å². The van der Waals surface area contributed by atoms with Gasteiger partial charge in [-0.15, -0.1) is 0 Å². The minimum Gasteiger partial charge on any atom is -0.478 e. The second kappa shape index (κ2) is 4.62. The maximum Gasteiger partial charge on any atom is 0.185 e. The zero-order chi connectivity index (χ0) is 12.4. The van der Waals surface area contributed by atoms with Crippen LogP contribution in [0.1, 0.15) is 19.4 Å². The Bertz CT molecular complexity index is 540. The number of hydrogen-bond donors (Lipinski definition) is 1. The highest BCUT2D eigenvalue weighted by Crippen LogP contribution is 2.21. The minimum atomic E-state index is 0.0671. The molecule has 0 fully saturated rings. The predicted molar refractivity (Wildman–Crippen MR) is 70.6 cm³/mol. The van der Waals surface area contributed by atoms with Crippen molar-refractivity contribution in [2.75, 3.05) is 0 Å². The van der Waals surface area contributed by atoms with E-state index >= 15 is 0 Å². The lowest BCUT2D eigenvalue weighted by Crippen LogP contribution is -2.12. The lowest BCUT2D eigenvalue weighted by Gasteiger charge is -2.09. The molecule has 2 rings (SSSR count). The van der Waals surface area contributed by atoms with Crippen LogP contribution in [-0.4, -0.2) is 16.6 Å². The molecule has 1 aromatic heterocycles. The summed E-state index contributed by atoms with van der Waals surface area (Å²) in [6.07, 6.45) is 2.69. The molecule has 3 nitrogen and oxygen atoms in total. The van der Waals surface area contributed by atoms with Crippen LogP contribution in [0.15, 0.2) is 30.5 Å². The van der Waals surface area contributed by atoms with Crippen molar-refractivity contribution >= 4 is 16.8 Å². The van der Waals surface area contributed by atoms with Gasteiger partial charge in [0, 0.05) is 24.1 Å². The molecule has 0 radical (unpaired) electrons. The molecular formula is C14H18N2O. The number of nitrogens with one attached hydrogen (secondary N) is 1. The second-order valence-corrected chi connectivity index (χ2v) is 4.55. The highest BCUT2D eigenvalue weighted by Gasteiger charge is 2.09. The zero-order valence-corrected chi connectivity index (χ0v) is 10.5. The van der Waals surface area contributed by atoms with Crippen LogP contribution < -0.4 is 0 Å². The lowest BCUT2D eigenvalue weighted by atomic mass is 10.1. The van der Waals surface area contributed by atoms with E-state index in [0.29, 0.717) is 12.3 Å². The van der Waals surface area contributed by atoms with Gasteiger partial charge in [0.05, 0.1) is 12.5 Å². The molecule has 0 aliphatic rings. The molecule has 0 aliphatic carbocycles. The van der Waals surface area contributed by atoms with Gasteiger partial charge < -0.3 is 9.30 Å². The Balaban J connectivity index is 2.27. The van der Waals surface area contributed by atoms with Crippen LogP contribution in [0.25, 0.3) is 10.9 Å². The maximum absolute atomic E-state index is 7.81. The number of aryl methyl sites for hydroxylation is 1. The van der Waals surface area contributed by atoms with Crippen molar-refractivity contribution in [3.05, 3.63) is 36.0 Å². The van der Waals surface area contributed by atoms with E-state index < -0.39 is 0 Å². The third-order valence-corrected chi connectivity index (χ3v) is 2.71. The summed E-state index contributed by atoms with van der Waals surface area (Å²) in [6, 6.07) is 8.24. The summed E-state index contributed by atoms with van der Waals surface area (Å²) in [5, 5.41) is 9.01. The molecule has 90 valence electrons. The zero-order valence-electron chi connectivity index (χ0n) is 10.5. The summed E-state index contributed by atoms with van der Waals surface area (Å²) in [5.41, 5.74) is 2.34. The average molecular weight is 230 g/mol. The number of fused-ring (bicyclic) bond motifs is 1. The smallest absolute Gasteiger partial charge is 0.185 e. The molecular weight excluding hydrogens is 212 g/mol. The molecule has 3 heteroatoms. The molecule has 0 amide bonds. The Morgan fingerprint density at radius 1 is 1.35 bits per heavy atom. The van der Waals surface area contributed by atoms with Crippen LogP contribution in [0.4, 0.5) is 0 Å². The van der Waals surface area contributed by atoms with Crippen LogP contribution in [0.5, 0.6) is 0 Å². The fourth-order valence-corrected chi connectivity index (χ4v) is 2.07. The molecule has 0 aliphatic heterocycles. The first-order chi connectivity index (χ1) is 8.08. The number of para-hydroxylation sites is 1. The predicted octanol–water partition coefficient (Wildman–Crippen LogP) is 3.12. The molecule has 0 saturated carbocycles. The quantitative estimate of drug-likeness (QED) is 0.638. The SMILES string of the molecule is CC(C)OC(=N)Cc1cn(C)c2ccccc12.